The maximum atomic E-state index is 12.3. The van der Waals surface area contributed by atoms with E-state index in [-0.39, 0.29) is 23.9 Å². The van der Waals surface area contributed by atoms with E-state index >= 15 is 0 Å². The van der Waals surface area contributed by atoms with Gasteiger partial charge >= 0.3 is 0 Å². The Morgan fingerprint density at radius 2 is 1.97 bits per heavy atom. The van der Waals surface area contributed by atoms with E-state index in [1.54, 1.807) is 0 Å². The summed E-state index contributed by atoms with van der Waals surface area (Å²) < 4.78 is 0. The van der Waals surface area contributed by atoms with Gasteiger partial charge in [0.15, 0.2) is 0 Å². The minimum absolute atomic E-state index is 0.249. The molecule has 3 N–H and O–H groups in total. The summed E-state index contributed by atoms with van der Waals surface area (Å²) in [4.78, 5) is 26.3. The lowest BCUT2D eigenvalue weighted by atomic mass is 9.86. The van der Waals surface area contributed by atoms with Crippen molar-refractivity contribution in [3.63, 3.8) is 0 Å². The molecule has 2 fully saturated rings. The third kappa shape index (κ3) is 6.15. The van der Waals surface area contributed by atoms with Crippen molar-refractivity contribution in [2.45, 2.75) is 70.6 Å². The second kappa shape index (κ2) is 11.8. The quantitative estimate of drug-likeness (QED) is 0.273. The fourth-order valence-corrected chi connectivity index (χ4v) is 5.79. The first-order chi connectivity index (χ1) is 16.5. The molecule has 1 unspecified atom stereocenters. The Bertz CT molecular complexity index is 932. The van der Waals surface area contributed by atoms with Crippen LogP contribution in [0.5, 0.6) is 0 Å². The van der Waals surface area contributed by atoms with E-state index in [1.807, 2.05) is 13.1 Å². The molecule has 0 bridgehead atoms. The number of carbonyl (C=O) groups is 2. The van der Waals surface area contributed by atoms with Gasteiger partial charge in [0, 0.05) is 37.8 Å². The molecule has 0 aromatic heterocycles. The second-order valence-electron chi connectivity index (χ2n) is 10.2. The zero-order valence-electron chi connectivity index (χ0n) is 20.6. The van der Waals surface area contributed by atoms with E-state index in [4.69, 9.17) is 5.41 Å². The van der Waals surface area contributed by atoms with Gasteiger partial charge in [0.05, 0.1) is 11.6 Å². The molecule has 1 aromatic rings. The summed E-state index contributed by atoms with van der Waals surface area (Å²) >= 11 is 0. The highest BCUT2D eigenvalue weighted by atomic mass is 16.2. The van der Waals surface area contributed by atoms with Crippen LogP contribution in [-0.4, -0.2) is 49.1 Å². The third-order valence-corrected chi connectivity index (χ3v) is 7.83. The van der Waals surface area contributed by atoms with Gasteiger partial charge in [-0.15, -0.1) is 0 Å². The van der Waals surface area contributed by atoms with E-state index in [0.717, 1.165) is 36.7 Å². The number of imide groups is 1. The zero-order valence-corrected chi connectivity index (χ0v) is 20.6. The van der Waals surface area contributed by atoms with Crippen LogP contribution in [0.25, 0.3) is 5.57 Å². The second-order valence-corrected chi connectivity index (χ2v) is 10.2. The summed E-state index contributed by atoms with van der Waals surface area (Å²) in [5.74, 6) is -0.209. The largest absolute Gasteiger partial charge is 0.388 e. The Hall–Kier alpha value is -2.47. The number of hydrogen-bond acceptors (Lipinski definition) is 5. The number of carbonyl (C=O) groups excluding carboxylic acids is 2. The summed E-state index contributed by atoms with van der Waals surface area (Å²) in [6.45, 7) is 3.27. The predicted molar refractivity (Wildman–Crippen MR) is 138 cm³/mol. The topological polar surface area (TPSA) is 85.3 Å². The number of anilines is 1. The van der Waals surface area contributed by atoms with Crippen LogP contribution >= 0.6 is 0 Å². The predicted octanol–water partition coefficient (Wildman–Crippen LogP) is 4.99. The summed E-state index contributed by atoms with van der Waals surface area (Å²) in [5.41, 5.74) is 4.39. The monoisotopic (exact) mass is 464 g/mol. The number of nitrogens with one attached hydrogen (secondary N) is 3. The van der Waals surface area contributed by atoms with E-state index in [9.17, 15) is 9.59 Å². The van der Waals surface area contributed by atoms with Gasteiger partial charge in [-0.1, -0.05) is 63.2 Å². The Kier molecular flexibility index (Phi) is 8.54. The molecule has 3 aliphatic rings. The molecule has 1 saturated carbocycles. The lowest BCUT2D eigenvalue weighted by Gasteiger charge is -2.28. The molecule has 0 spiro atoms. The van der Waals surface area contributed by atoms with Gasteiger partial charge in [-0.25, -0.2) is 0 Å². The Balaban J connectivity index is 1.34. The standard InChI is InChI=1S/C28H40N4O2/c1-30-25-18-21(12-13-23(25)27(29)24-14-15-26(33)31-28(24)34)22-11-7-17-32(19-22)16-6-5-10-20-8-3-2-4-9-20/h11-13,18,20,24,29-30H,2-10,14-17,19H2,1H3,(H,31,33,34). The van der Waals surface area contributed by atoms with Gasteiger partial charge in [0.2, 0.25) is 11.8 Å². The highest BCUT2D eigenvalue weighted by Crippen LogP contribution is 2.30. The van der Waals surface area contributed by atoms with E-state index < -0.39 is 5.92 Å². The molecule has 2 heterocycles. The molecule has 34 heavy (non-hydrogen) atoms. The number of unbranched alkanes of at least 4 members (excludes halogenated alkanes) is 1. The number of rotatable bonds is 9. The summed E-state index contributed by atoms with van der Waals surface area (Å²) in [6, 6.07) is 6.14. The third-order valence-electron chi connectivity index (χ3n) is 7.83. The van der Waals surface area contributed by atoms with Gasteiger partial charge in [-0.3, -0.25) is 19.8 Å². The molecule has 6 heteroatoms. The average molecular weight is 465 g/mol. The summed E-state index contributed by atoms with van der Waals surface area (Å²) in [6.07, 6.45) is 15.3. The van der Waals surface area contributed by atoms with Crippen LogP contribution in [0.1, 0.15) is 81.8 Å². The Morgan fingerprint density at radius 3 is 2.74 bits per heavy atom. The molecule has 184 valence electrons. The SMILES string of the molecule is CNc1cc(C2=CCCN(CCCCC3CCCCC3)C2)ccc1C(=N)C1CCC(=O)NC1=O. The van der Waals surface area contributed by atoms with Crippen molar-refractivity contribution in [3.05, 3.63) is 35.4 Å². The van der Waals surface area contributed by atoms with E-state index in [0.29, 0.717) is 6.42 Å². The number of amides is 2. The average Bonchev–Trinajstić information content (AvgIpc) is 2.87. The highest BCUT2D eigenvalue weighted by molar-refractivity contribution is 6.17. The van der Waals surface area contributed by atoms with Gasteiger partial charge in [0.25, 0.3) is 0 Å². The molecular formula is C28H40N4O2. The van der Waals surface area contributed by atoms with Gasteiger partial charge in [-0.05, 0) is 48.9 Å². The first-order valence-electron chi connectivity index (χ1n) is 13.2. The van der Waals surface area contributed by atoms with Gasteiger partial charge in [-0.2, -0.15) is 0 Å². The van der Waals surface area contributed by atoms with Crippen LogP contribution in [-0.2, 0) is 9.59 Å². The fourth-order valence-electron chi connectivity index (χ4n) is 5.79. The lowest BCUT2D eigenvalue weighted by molar-refractivity contribution is -0.134. The van der Waals surface area contributed by atoms with Crippen molar-refractivity contribution >= 4 is 28.8 Å². The molecular weight excluding hydrogens is 424 g/mol. The van der Waals surface area contributed by atoms with Gasteiger partial charge < -0.3 is 10.7 Å². The van der Waals surface area contributed by atoms with Crippen LogP contribution in [0.15, 0.2) is 24.3 Å². The molecule has 1 aliphatic carbocycles. The fraction of sp³-hybridized carbons (Fsp3) is 0.607. The first kappa shape index (κ1) is 24.6. The molecule has 2 amide bonds. The highest BCUT2D eigenvalue weighted by Gasteiger charge is 2.31. The smallest absolute Gasteiger partial charge is 0.235 e. The Morgan fingerprint density at radius 1 is 1.15 bits per heavy atom. The molecule has 1 atom stereocenters. The van der Waals surface area contributed by atoms with Crippen LogP contribution in [0, 0.1) is 17.2 Å². The van der Waals surface area contributed by atoms with Crippen molar-refractivity contribution in [2.24, 2.45) is 11.8 Å². The molecule has 4 rings (SSSR count). The number of hydrogen-bond donors (Lipinski definition) is 3. The maximum Gasteiger partial charge on any atom is 0.235 e. The van der Waals surface area contributed by atoms with Crippen LogP contribution in [0.2, 0.25) is 0 Å². The van der Waals surface area contributed by atoms with Crippen LogP contribution in [0.3, 0.4) is 0 Å². The first-order valence-corrected chi connectivity index (χ1v) is 13.2. The molecule has 1 aromatic carbocycles. The van der Waals surface area contributed by atoms with Crippen molar-refractivity contribution in [1.29, 1.82) is 5.41 Å². The Labute approximate surface area is 204 Å². The number of piperidine rings is 1. The summed E-state index contributed by atoms with van der Waals surface area (Å²) in [5, 5.41) is 14.2. The minimum Gasteiger partial charge on any atom is -0.388 e. The van der Waals surface area contributed by atoms with E-state index in [1.165, 1.54) is 69.0 Å². The lowest BCUT2D eigenvalue weighted by Crippen LogP contribution is -2.44. The maximum absolute atomic E-state index is 12.3. The normalized spacial score (nSPS) is 22.3. The van der Waals surface area contributed by atoms with Crippen LogP contribution in [0.4, 0.5) is 5.69 Å². The molecule has 6 nitrogen and oxygen atoms in total. The molecule has 1 saturated heterocycles. The van der Waals surface area contributed by atoms with Crippen molar-refractivity contribution in [3.8, 4) is 0 Å². The molecule has 2 aliphatic heterocycles. The zero-order chi connectivity index (χ0) is 23.9. The molecule has 0 radical (unpaired) electrons. The van der Waals surface area contributed by atoms with Crippen molar-refractivity contribution in [1.82, 2.24) is 10.2 Å². The number of benzene rings is 1. The summed E-state index contributed by atoms with van der Waals surface area (Å²) in [7, 11) is 1.86. The van der Waals surface area contributed by atoms with Crippen molar-refractivity contribution < 1.29 is 9.59 Å². The number of nitrogens with zero attached hydrogens (tertiary/aromatic N) is 1. The van der Waals surface area contributed by atoms with E-state index in [2.05, 4.69) is 33.7 Å². The van der Waals surface area contributed by atoms with Crippen LogP contribution < -0.4 is 10.6 Å². The minimum atomic E-state index is -0.575. The van der Waals surface area contributed by atoms with Gasteiger partial charge in [0.1, 0.15) is 0 Å². The van der Waals surface area contributed by atoms with Crippen molar-refractivity contribution in [2.75, 3.05) is 32.0 Å².